The Morgan fingerprint density at radius 1 is 0.920 bits per heavy atom. The largest absolute Gasteiger partial charge is 0.380 e. The first kappa shape index (κ1) is 43.1. The van der Waals surface area contributed by atoms with E-state index in [0.717, 1.165) is 19.3 Å². The molecule has 0 radical (unpaired) electrons. The number of carbonyl (C=O) groups is 4. The summed E-state index contributed by atoms with van der Waals surface area (Å²) < 4.78 is 11.8. The predicted octanol–water partition coefficient (Wildman–Crippen LogP) is 3.85. The number of nitrogens with zero attached hydrogens (tertiary/aromatic N) is 3. The van der Waals surface area contributed by atoms with Crippen molar-refractivity contribution in [2.24, 2.45) is 29.6 Å². The molecule has 1 aliphatic rings. The number of carbonyl (C=O) groups excluding carboxylic acids is 4. The fourth-order valence-corrected chi connectivity index (χ4v) is 7.51. The summed E-state index contributed by atoms with van der Waals surface area (Å²) in [5, 5.41) is 6.09. The lowest BCUT2D eigenvalue weighted by Crippen LogP contribution is -2.59. The Balaban J connectivity index is 2.11. The van der Waals surface area contributed by atoms with Crippen molar-refractivity contribution < 1.29 is 28.7 Å². The highest BCUT2D eigenvalue weighted by atomic mass is 16.5. The minimum atomic E-state index is -0.726. The smallest absolute Gasteiger partial charge is 0.245 e. The van der Waals surface area contributed by atoms with E-state index in [0.29, 0.717) is 19.6 Å². The van der Waals surface area contributed by atoms with Gasteiger partial charge >= 0.3 is 0 Å². The fraction of sp³-hybridized carbons (Fsp3) is 0.744. The van der Waals surface area contributed by atoms with Gasteiger partial charge in [0.25, 0.3) is 0 Å². The average Bonchev–Trinajstić information content (AvgIpc) is 3.56. The van der Waals surface area contributed by atoms with Crippen LogP contribution in [0.4, 0.5) is 0 Å². The second-order valence-corrected chi connectivity index (χ2v) is 15.1. The fourth-order valence-electron chi connectivity index (χ4n) is 7.51. The standard InChI is InChI=1S/C39H67N5O6/c1-13-27(6)35(43(10)39(48)33(25(2)3)41-38(47)34(26(4)5)42(8)9)31(49-11)23-32(45)44-22-20-30(24-44)36(50-12)28(7)37(46)40-21-19-29-17-15-14-16-18-29/h14-18,25-28,30-31,33-36H,13,19-24H2,1-12H3,(H,40,46)(H,41,47)/t27-,28+,30+,31+,33-,34-,35-,36+/m0/s1. The van der Waals surface area contributed by atoms with Gasteiger partial charge in [0.2, 0.25) is 23.6 Å². The summed E-state index contributed by atoms with van der Waals surface area (Å²) in [6, 6.07) is 8.56. The summed E-state index contributed by atoms with van der Waals surface area (Å²) in [7, 11) is 8.70. The van der Waals surface area contributed by atoms with Crippen LogP contribution >= 0.6 is 0 Å². The second-order valence-electron chi connectivity index (χ2n) is 15.1. The molecule has 4 amide bonds. The van der Waals surface area contributed by atoms with Gasteiger partial charge in [-0.3, -0.25) is 24.1 Å². The Bertz CT molecular complexity index is 1200. The number of hydrogen-bond acceptors (Lipinski definition) is 7. The van der Waals surface area contributed by atoms with E-state index in [4.69, 9.17) is 9.47 Å². The molecule has 1 heterocycles. The molecule has 50 heavy (non-hydrogen) atoms. The SMILES string of the molecule is CC[C@H](C)[C@@H]([C@@H](CC(=O)N1CC[C@@H]([C@H](OC)[C@@H](C)C(=O)NCCc2ccccc2)C1)OC)N(C)C(=O)[C@@H](NC(=O)[C@H](C(C)C)N(C)C)C(C)C. The van der Waals surface area contributed by atoms with Crippen LogP contribution in [0, 0.1) is 29.6 Å². The van der Waals surface area contributed by atoms with Crippen molar-refractivity contribution in [1.82, 2.24) is 25.3 Å². The monoisotopic (exact) mass is 702 g/mol. The predicted molar refractivity (Wildman–Crippen MR) is 198 cm³/mol. The molecule has 11 heteroatoms. The Labute approximate surface area is 302 Å². The Hall–Kier alpha value is -3.02. The molecule has 284 valence electrons. The molecule has 0 aliphatic carbocycles. The van der Waals surface area contributed by atoms with Crippen molar-refractivity contribution in [3.8, 4) is 0 Å². The first-order valence-electron chi connectivity index (χ1n) is 18.5. The zero-order valence-corrected chi connectivity index (χ0v) is 32.9. The topological polar surface area (TPSA) is 121 Å². The quantitative estimate of drug-likeness (QED) is 0.212. The maximum absolute atomic E-state index is 14.1. The van der Waals surface area contributed by atoms with Gasteiger partial charge in [0.15, 0.2) is 0 Å². The van der Waals surface area contributed by atoms with Crippen molar-refractivity contribution in [2.45, 2.75) is 104 Å². The highest BCUT2D eigenvalue weighted by Gasteiger charge is 2.41. The van der Waals surface area contributed by atoms with Crippen LogP contribution in [0.25, 0.3) is 0 Å². The van der Waals surface area contributed by atoms with Gasteiger partial charge < -0.3 is 29.9 Å². The molecule has 0 bridgehead atoms. The molecule has 0 spiro atoms. The van der Waals surface area contributed by atoms with E-state index in [-0.39, 0.29) is 77.8 Å². The summed E-state index contributed by atoms with van der Waals surface area (Å²) >= 11 is 0. The second kappa shape index (κ2) is 20.7. The van der Waals surface area contributed by atoms with Gasteiger partial charge in [-0.2, -0.15) is 0 Å². The van der Waals surface area contributed by atoms with Crippen molar-refractivity contribution in [3.63, 3.8) is 0 Å². The number of likely N-dealkylation sites (N-methyl/N-ethyl adjacent to an activating group) is 2. The number of likely N-dealkylation sites (tertiary alicyclic amines) is 1. The summed E-state index contributed by atoms with van der Waals surface area (Å²) in [6.07, 6.45) is 1.49. The third-order valence-corrected chi connectivity index (χ3v) is 10.5. The molecule has 1 aromatic rings. The summed E-state index contributed by atoms with van der Waals surface area (Å²) in [5.74, 6) is -0.899. The van der Waals surface area contributed by atoms with E-state index in [1.807, 2.05) is 88.8 Å². The van der Waals surface area contributed by atoms with Crippen LogP contribution in [0.15, 0.2) is 30.3 Å². The minimum Gasteiger partial charge on any atom is -0.380 e. The Morgan fingerprint density at radius 2 is 1.56 bits per heavy atom. The number of nitrogens with one attached hydrogen (secondary N) is 2. The maximum Gasteiger partial charge on any atom is 0.245 e. The molecule has 0 aromatic heterocycles. The summed E-state index contributed by atoms with van der Waals surface area (Å²) in [5.41, 5.74) is 1.17. The summed E-state index contributed by atoms with van der Waals surface area (Å²) in [4.78, 5) is 59.8. The first-order chi connectivity index (χ1) is 23.6. The van der Waals surface area contributed by atoms with Gasteiger partial charge in [0.05, 0.1) is 36.6 Å². The average molecular weight is 702 g/mol. The van der Waals surface area contributed by atoms with Crippen LogP contribution in [0.5, 0.6) is 0 Å². The molecule has 1 aliphatic heterocycles. The molecule has 11 nitrogen and oxygen atoms in total. The van der Waals surface area contributed by atoms with Crippen molar-refractivity contribution in [2.75, 3.05) is 55.0 Å². The van der Waals surface area contributed by atoms with Gasteiger partial charge in [0, 0.05) is 46.8 Å². The van der Waals surface area contributed by atoms with E-state index in [1.54, 1.807) is 26.2 Å². The van der Waals surface area contributed by atoms with E-state index in [9.17, 15) is 19.2 Å². The summed E-state index contributed by atoms with van der Waals surface area (Å²) in [6.45, 7) is 15.5. The molecule has 2 rings (SSSR count). The molecule has 1 aromatic carbocycles. The number of methoxy groups -OCH3 is 2. The van der Waals surface area contributed by atoms with Crippen LogP contribution in [0.3, 0.4) is 0 Å². The molecular weight excluding hydrogens is 634 g/mol. The Morgan fingerprint density at radius 3 is 2.08 bits per heavy atom. The van der Waals surface area contributed by atoms with E-state index in [2.05, 4.69) is 24.5 Å². The van der Waals surface area contributed by atoms with E-state index >= 15 is 0 Å². The number of amides is 4. The van der Waals surface area contributed by atoms with Gasteiger partial charge in [-0.05, 0) is 50.3 Å². The van der Waals surface area contributed by atoms with Crippen molar-refractivity contribution >= 4 is 23.6 Å². The number of ether oxygens (including phenoxy) is 2. The zero-order chi connectivity index (χ0) is 37.7. The van der Waals surface area contributed by atoms with Crippen LogP contribution < -0.4 is 10.6 Å². The van der Waals surface area contributed by atoms with Crippen LogP contribution in [-0.4, -0.2) is 124 Å². The van der Waals surface area contributed by atoms with E-state index in [1.165, 1.54) is 5.56 Å². The van der Waals surface area contributed by atoms with Crippen LogP contribution in [0.1, 0.15) is 73.3 Å². The molecule has 1 fully saturated rings. The molecule has 2 N–H and O–H groups in total. The van der Waals surface area contributed by atoms with Gasteiger partial charge in [-0.15, -0.1) is 0 Å². The molecule has 1 saturated heterocycles. The van der Waals surface area contributed by atoms with Crippen molar-refractivity contribution in [3.05, 3.63) is 35.9 Å². The third-order valence-electron chi connectivity index (χ3n) is 10.5. The van der Waals surface area contributed by atoms with Gasteiger partial charge in [-0.1, -0.05) is 85.2 Å². The van der Waals surface area contributed by atoms with E-state index < -0.39 is 12.1 Å². The molecule has 0 unspecified atom stereocenters. The zero-order valence-electron chi connectivity index (χ0n) is 32.9. The third kappa shape index (κ3) is 11.8. The minimum absolute atomic E-state index is 0.0154. The lowest BCUT2D eigenvalue weighted by Gasteiger charge is -2.40. The molecule has 8 atom stereocenters. The van der Waals surface area contributed by atoms with Crippen LogP contribution in [0.2, 0.25) is 0 Å². The lowest BCUT2D eigenvalue weighted by atomic mass is 9.89. The molecular formula is C39H67N5O6. The van der Waals surface area contributed by atoms with Gasteiger partial charge in [0.1, 0.15) is 6.04 Å². The number of hydrogen-bond donors (Lipinski definition) is 2. The number of benzene rings is 1. The highest BCUT2D eigenvalue weighted by molar-refractivity contribution is 5.90. The lowest BCUT2D eigenvalue weighted by molar-refractivity contribution is -0.146. The Kier molecular flexibility index (Phi) is 17.9. The first-order valence-corrected chi connectivity index (χ1v) is 18.5. The highest BCUT2D eigenvalue weighted by Crippen LogP contribution is 2.29. The normalized spacial score (nSPS) is 19.1. The number of rotatable bonds is 20. The maximum atomic E-state index is 14.1. The molecule has 0 saturated carbocycles. The van der Waals surface area contributed by atoms with Gasteiger partial charge in [-0.25, -0.2) is 0 Å². The van der Waals surface area contributed by atoms with Crippen LogP contribution in [-0.2, 0) is 35.1 Å². The van der Waals surface area contributed by atoms with Crippen molar-refractivity contribution in [1.29, 1.82) is 0 Å².